The molecule has 0 saturated carbocycles. The van der Waals surface area contributed by atoms with E-state index >= 15 is 0 Å². The molecule has 16 heavy (non-hydrogen) atoms. The number of halogens is 2. The summed E-state index contributed by atoms with van der Waals surface area (Å²) in [5.74, 6) is -2.16. The molecule has 0 amide bonds. The van der Waals surface area contributed by atoms with Crippen LogP contribution in [0.15, 0.2) is 23.3 Å². The number of aliphatic hydroxyl groups is 2. The maximum Gasteiger partial charge on any atom is 0.159 e. The Bertz CT molecular complexity index is 421. The van der Waals surface area contributed by atoms with Crippen LogP contribution in [0.25, 0.3) is 10.4 Å². The fraction of sp³-hybridized carbons (Fsp3) is 0.333. The van der Waals surface area contributed by atoms with Crippen molar-refractivity contribution in [1.82, 2.24) is 0 Å². The van der Waals surface area contributed by atoms with Gasteiger partial charge in [-0.2, -0.15) is 0 Å². The van der Waals surface area contributed by atoms with Gasteiger partial charge in [0.1, 0.15) is 6.10 Å². The summed E-state index contributed by atoms with van der Waals surface area (Å²) in [7, 11) is 0. The summed E-state index contributed by atoms with van der Waals surface area (Å²) in [6.07, 6.45) is -2.79. The first kappa shape index (κ1) is 12.4. The monoisotopic (exact) mass is 229 g/mol. The first-order valence-corrected chi connectivity index (χ1v) is 4.38. The van der Waals surface area contributed by atoms with Crippen LogP contribution in [-0.2, 0) is 0 Å². The van der Waals surface area contributed by atoms with Crippen LogP contribution in [0.1, 0.15) is 11.7 Å². The summed E-state index contributed by atoms with van der Waals surface area (Å²) < 4.78 is 25.4. The van der Waals surface area contributed by atoms with E-state index in [1.807, 2.05) is 0 Å². The van der Waals surface area contributed by atoms with Gasteiger partial charge in [-0.05, 0) is 23.2 Å². The van der Waals surface area contributed by atoms with Gasteiger partial charge < -0.3 is 10.2 Å². The van der Waals surface area contributed by atoms with Crippen LogP contribution in [0.4, 0.5) is 8.78 Å². The zero-order valence-electron chi connectivity index (χ0n) is 8.09. The van der Waals surface area contributed by atoms with Crippen LogP contribution in [0.3, 0.4) is 0 Å². The zero-order valence-corrected chi connectivity index (χ0v) is 8.09. The molecular formula is C9H9F2N3O2. The second-order valence-electron chi connectivity index (χ2n) is 3.10. The average Bonchev–Trinajstić information content (AvgIpc) is 2.28. The molecule has 0 aliphatic heterocycles. The highest BCUT2D eigenvalue weighted by molar-refractivity contribution is 5.20. The molecule has 0 bridgehead atoms. The van der Waals surface area contributed by atoms with Crippen molar-refractivity contribution in [3.05, 3.63) is 45.8 Å². The predicted octanol–water partition coefficient (Wildman–Crippen LogP) is 1.67. The van der Waals surface area contributed by atoms with Gasteiger partial charge >= 0.3 is 0 Å². The number of benzene rings is 1. The minimum absolute atomic E-state index is 0.0135. The fourth-order valence-electron chi connectivity index (χ4n) is 1.14. The lowest BCUT2D eigenvalue weighted by Crippen LogP contribution is -2.21. The third-order valence-electron chi connectivity index (χ3n) is 1.98. The number of azide groups is 1. The zero-order chi connectivity index (χ0) is 12.1. The van der Waals surface area contributed by atoms with Crippen molar-refractivity contribution in [3.63, 3.8) is 0 Å². The lowest BCUT2D eigenvalue weighted by molar-refractivity contribution is 0.0242. The minimum atomic E-state index is -1.43. The van der Waals surface area contributed by atoms with Gasteiger partial charge in [-0.15, -0.1) is 0 Å². The highest BCUT2D eigenvalue weighted by atomic mass is 19.2. The Morgan fingerprint density at radius 2 is 2.00 bits per heavy atom. The van der Waals surface area contributed by atoms with Gasteiger partial charge in [0.05, 0.1) is 12.6 Å². The molecule has 86 valence electrons. The number of hydrogen-bond donors (Lipinski definition) is 2. The molecular weight excluding hydrogens is 220 g/mol. The normalized spacial score (nSPS) is 14.0. The Kier molecular flexibility index (Phi) is 4.19. The van der Waals surface area contributed by atoms with Gasteiger partial charge in [-0.25, -0.2) is 8.78 Å². The summed E-state index contributed by atoms with van der Waals surface area (Å²) in [4.78, 5) is 2.40. The van der Waals surface area contributed by atoms with Crippen LogP contribution in [0, 0.1) is 11.6 Å². The SMILES string of the molecule is [N-]=[N+]=NCC(O)C(O)c1ccc(F)c(F)c1. The maximum absolute atomic E-state index is 12.8. The molecule has 2 atom stereocenters. The third kappa shape index (κ3) is 2.90. The standard InChI is InChI=1S/C9H9F2N3O2/c10-6-2-1-5(3-7(6)11)9(16)8(15)4-13-14-12/h1-3,8-9,15-16H,4H2. The van der Waals surface area contributed by atoms with Crippen LogP contribution in [0.5, 0.6) is 0 Å². The second kappa shape index (κ2) is 5.41. The summed E-state index contributed by atoms with van der Waals surface area (Å²) in [5.41, 5.74) is 8.02. The molecule has 0 radical (unpaired) electrons. The molecule has 0 aliphatic carbocycles. The quantitative estimate of drug-likeness (QED) is 0.467. The molecule has 7 heteroatoms. The van der Waals surface area contributed by atoms with Crippen molar-refractivity contribution in [3.8, 4) is 0 Å². The van der Waals surface area contributed by atoms with Crippen molar-refractivity contribution >= 4 is 0 Å². The third-order valence-corrected chi connectivity index (χ3v) is 1.98. The molecule has 1 aromatic rings. The lowest BCUT2D eigenvalue weighted by atomic mass is 10.0. The summed E-state index contributed by atoms with van der Waals surface area (Å²) in [5, 5.41) is 21.9. The highest BCUT2D eigenvalue weighted by Crippen LogP contribution is 2.19. The van der Waals surface area contributed by atoms with E-state index in [9.17, 15) is 19.0 Å². The van der Waals surface area contributed by atoms with Gasteiger partial charge in [-0.3, -0.25) is 0 Å². The Hall–Kier alpha value is -1.69. The van der Waals surface area contributed by atoms with E-state index in [4.69, 9.17) is 5.53 Å². The van der Waals surface area contributed by atoms with Crippen LogP contribution in [-0.4, -0.2) is 22.9 Å². The van der Waals surface area contributed by atoms with Crippen molar-refractivity contribution in [1.29, 1.82) is 0 Å². The van der Waals surface area contributed by atoms with Crippen molar-refractivity contribution in [2.75, 3.05) is 6.54 Å². The molecule has 2 N–H and O–H groups in total. The molecule has 0 spiro atoms. The summed E-state index contributed by atoms with van der Waals surface area (Å²) in [6.45, 7) is -0.351. The first-order chi connectivity index (χ1) is 7.56. The van der Waals surface area contributed by atoms with E-state index in [1.54, 1.807) is 0 Å². The van der Waals surface area contributed by atoms with Crippen LogP contribution >= 0.6 is 0 Å². The lowest BCUT2D eigenvalue weighted by Gasteiger charge is -2.16. The van der Waals surface area contributed by atoms with Gasteiger partial charge in [0, 0.05) is 4.91 Å². The Labute approximate surface area is 89.6 Å². The van der Waals surface area contributed by atoms with Crippen LogP contribution in [0.2, 0.25) is 0 Å². The Morgan fingerprint density at radius 1 is 1.31 bits per heavy atom. The molecule has 0 heterocycles. The minimum Gasteiger partial charge on any atom is -0.390 e. The number of hydrogen-bond acceptors (Lipinski definition) is 3. The summed E-state index contributed by atoms with van der Waals surface area (Å²) in [6, 6.07) is 2.76. The molecule has 0 aromatic heterocycles. The van der Waals surface area contributed by atoms with Gasteiger partial charge in [0.25, 0.3) is 0 Å². The summed E-state index contributed by atoms with van der Waals surface area (Å²) >= 11 is 0. The predicted molar refractivity (Wildman–Crippen MR) is 51.3 cm³/mol. The van der Waals surface area contributed by atoms with E-state index in [1.165, 1.54) is 0 Å². The molecule has 1 rings (SSSR count). The Morgan fingerprint density at radius 3 is 2.56 bits per heavy atom. The van der Waals surface area contributed by atoms with E-state index < -0.39 is 23.8 Å². The van der Waals surface area contributed by atoms with E-state index in [2.05, 4.69) is 10.0 Å². The van der Waals surface area contributed by atoms with Gasteiger partial charge in [0.15, 0.2) is 11.6 Å². The smallest absolute Gasteiger partial charge is 0.159 e. The van der Waals surface area contributed by atoms with Crippen molar-refractivity contribution in [2.24, 2.45) is 5.11 Å². The molecule has 1 aromatic carbocycles. The van der Waals surface area contributed by atoms with E-state index in [-0.39, 0.29) is 12.1 Å². The molecule has 0 saturated heterocycles. The van der Waals surface area contributed by atoms with Gasteiger partial charge in [0.2, 0.25) is 0 Å². The van der Waals surface area contributed by atoms with Crippen molar-refractivity contribution in [2.45, 2.75) is 12.2 Å². The van der Waals surface area contributed by atoms with Crippen molar-refractivity contribution < 1.29 is 19.0 Å². The molecule has 0 fully saturated rings. The molecule has 2 unspecified atom stereocenters. The number of aliphatic hydroxyl groups excluding tert-OH is 2. The van der Waals surface area contributed by atoms with E-state index in [0.29, 0.717) is 0 Å². The molecule has 0 aliphatic rings. The maximum atomic E-state index is 12.8. The topological polar surface area (TPSA) is 89.2 Å². The average molecular weight is 229 g/mol. The first-order valence-electron chi connectivity index (χ1n) is 4.38. The second-order valence-corrected chi connectivity index (χ2v) is 3.10. The number of rotatable bonds is 4. The molecule has 5 nitrogen and oxygen atoms in total. The largest absolute Gasteiger partial charge is 0.390 e. The fourth-order valence-corrected chi connectivity index (χ4v) is 1.14. The Balaban J connectivity index is 2.82. The number of nitrogens with zero attached hydrogens (tertiary/aromatic N) is 3. The highest BCUT2D eigenvalue weighted by Gasteiger charge is 2.18. The van der Waals surface area contributed by atoms with Gasteiger partial charge in [-0.1, -0.05) is 11.2 Å². The van der Waals surface area contributed by atoms with Crippen LogP contribution < -0.4 is 0 Å². The van der Waals surface area contributed by atoms with E-state index in [0.717, 1.165) is 18.2 Å².